The van der Waals surface area contributed by atoms with Gasteiger partial charge in [-0.1, -0.05) is 11.6 Å². The number of thiazole rings is 1. The summed E-state index contributed by atoms with van der Waals surface area (Å²) in [6.07, 6.45) is 0. The Bertz CT molecular complexity index is 1000. The van der Waals surface area contributed by atoms with E-state index in [1.165, 1.54) is 7.11 Å². The number of carbonyl (C=O) groups is 2. The van der Waals surface area contributed by atoms with Crippen LogP contribution in [0.4, 0.5) is 10.8 Å². The van der Waals surface area contributed by atoms with E-state index >= 15 is 0 Å². The number of anilines is 2. The van der Waals surface area contributed by atoms with Crippen LogP contribution in [0.3, 0.4) is 0 Å². The summed E-state index contributed by atoms with van der Waals surface area (Å²) in [7, 11) is 3.05. The minimum absolute atomic E-state index is 0.164. The molecular weight excluding hydrogens is 402 g/mol. The minimum Gasteiger partial charge on any atom is -0.497 e. The maximum absolute atomic E-state index is 12.4. The number of benzene rings is 2. The molecule has 2 aromatic carbocycles. The van der Waals surface area contributed by atoms with E-state index in [0.717, 1.165) is 11.3 Å². The number of aromatic nitrogens is 1. The first-order valence-electron chi connectivity index (χ1n) is 8.06. The van der Waals surface area contributed by atoms with Gasteiger partial charge in [0.1, 0.15) is 17.2 Å². The quantitative estimate of drug-likeness (QED) is 0.623. The van der Waals surface area contributed by atoms with E-state index in [0.29, 0.717) is 32.9 Å². The van der Waals surface area contributed by atoms with Crippen molar-refractivity contribution in [3.05, 3.63) is 64.1 Å². The summed E-state index contributed by atoms with van der Waals surface area (Å²) in [5, 5.41) is 7.69. The third-order valence-corrected chi connectivity index (χ3v) is 4.71. The Morgan fingerprint density at radius 3 is 2.43 bits per heavy atom. The zero-order valence-electron chi connectivity index (χ0n) is 15.0. The van der Waals surface area contributed by atoms with E-state index in [1.807, 2.05) is 0 Å². The number of carbonyl (C=O) groups excluding carboxylic acids is 2. The highest BCUT2D eigenvalue weighted by Gasteiger charge is 2.15. The fourth-order valence-corrected chi connectivity index (χ4v) is 3.17. The molecule has 0 spiro atoms. The number of rotatable bonds is 6. The first-order chi connectivity index (χ1) is 13.5. The first-order valence-corrected chi connectivity index (χ1v) is 9.31. The molecule has 0 bridgehead atoms. The molecule has 1 heterocycles. The molecule has 1 aromatic heterocycles. The van der Waals surface area contributed by atoms with Crippen LogP contribution in [-0.2, 0) is 0 Å². The number of nitrogens with zero attached hydrogens (tertiary/aromatic N) is 1. The molecule has 0 fully saturated rings. The van der Waals surface area contributed by atoms with Gasteiger partial charge >= 0.3 is 0 Å². The molecule has 2 amide bonds. The Morgan fingerprint density at radius 1 is 1.00 bits per heavy atom. The van der Waals surface area contributed by atoms with Gasteiger partial charge in [0.25, 0.3) is 11.8 Å². The Balaban J connectivity index is 1.68. The van der Waals surface area contributed by atoms with Gasteiger partial charge in [-0.25, -0.2) is 4.98 Å². The zero-order chi connectivity index (χ0) is 20.1. The number of hydrogen-bond donors (Lipinski definition) is 2. The third-order valence-electron chi connectivity index (χ3n) is 3.72. The smallest absolute Gasteiger partial charge is 0.275 e. The Hall–Kier alpha value is -3.10. The topological polar surface area (TPSA) is 89.5 Å². The van der Waals surface area contributed by atoms with Gasteiger partial charge in [0, 0.05) is 16.0 Å². The van der Waals surface area contributed by atoms with Crippen LogP contribution in [0.15, 0.2) is 47.8 Å². The van der Waals surface area contributed by atoms with E-state index in [2.05, 4.69) is 15.6 Å². The van der Waals surface area contributed by atoms with Crippen LogP contribution >= 0.6 is 22.9 Å². The lowest BCUT2D eigenvalue weighted by molar-refractivity contribution is 0.101. The molecule has 28 heavy (non-hydrogen) atoms. The summed E-state index contributed by atoms with van der Waals surface area (Å²) in [5.74, 6) is 0.351. The van der Waals surface area contributed by atoms with Crippen LogP contribution in [0.5, 0.6) is 11.5 Å². The van der Waals surface area contributed by atoms with Crippen molar-refractivity contribution < 1.29 is 19.1 Å². The van der Waals surface area contributed by atoms with Crippen LogP contribution < -0.4 is 20.1 Å². The molecule has 2 N–H and O–H groups in total. The van der Waals surface area contributed by atoms with E-state index < -0.39 is 5.91 Å². The summed E-state index contributed by atoms with van der Waals surface area (Å²) >= 11 is 7.11. The molecular formula is C19H16ClN3O4S. The van der Waals surface area contributed by atoms with Gasteiger partial charge in [0.2, 0.25) is 0 Å². The lowest BCUT2D eigenvalue weighted by Gasteiger charge is -2.09. The van der Waals surface area contributed by atoms with Gasteiger partial charge in [-0.2, -0.15) is 0 Å². The number of halogens is 1. The van der Waals surface area contributed by atoms with Crippen molar-refractivity contribution in [1.29, 1.82) is 0 Å². The summed E-state index contributed by atoms with van der Waals surface area (Å²) in [6.45, 7) is 0. The number of methoxy groups -OCH3 is 2. The number of ether oxygens (including phenoxy) is 2. The van der Waals surface area contributed by atoms with Crippen molar-refractivity contribution in [1.82, 2.24) is 4.98 Å². The molecule has 9 heteroatoms. The van der Waals surface area contributed by atoms with E-state index in [9.17, 15) is 9.59 Å². The average Bonchev–Trinajstić information content (AvgIpc) is 3.17. The highest BCUT2D eigenvalue weighted by atomic mass is 35.5. The van der Waals surface area contributed by atoms with E-state index in [1.54, 1.807) is 55.0 Å². The summed E-state index contributed by atoms with van der Waals surface area (Å²) in [5.41, 5.74) is 1.04. The number of hydrogen-bond acceptors (Lipinski definition) is 6. The summed E-state index contributed by atoms with van der Waals surface area (Å²) in [4.78, 5) is 28.9. The molecule has 0 atom stereocenters. The fourth-order valence-electron chi connectivity index (χ4n) is 2.31. The minimum atomic E-state index is -0.443. The molecule has 0 aliphatic carbocycles. The Labute approximate surface area is 170 Å². The largest absolute Gasteiger partial charge is 0.497 e. The fraction of sp³-hybridized carbons (Fsp3) is 0.105. The zero-order valence-corrected chi connectivity index (χ0v) is 16.6. The van der Waals surface area contributed by atoms with Gasteiger partial charge in [0.15, 0.2) is 5.13 Å². The van der Waals surface area contributed by atoms with Crippen LogP contribution in [0.1, 0.15) is 20.8 Å². The standard InChI is InChI=1S/C19H16ClN3O4S/c1-26-13-6-3-11(4-7-13)17(24)23-19-22-15(10-28-19)18(25)21-14-9-12(20)5-8-16(14)27-2/h3-10H,1-2H3,(H,21,25)(H,22,23,24). The van der Waals surface area contributed by atoms with Crippen molar-refractivity contribution in [2.45, 2.75) is 0 Å². The maximum atomic E-state index is 12.4. The van der Waals surface area contributed by atoms with Gasteiger partial charge in [-0.05, 0) is 42.5 Å². The summed E-state index contributed by atoms with van der Waals surface area (Å²) in [6, 6.07) is 11.5. The van der Waals surface area contributed by atoms with Crippen molar-refractivity contribution in [2.75, 3.05) is 24.9 Å². The average molecular weight is 418 g/mol. The molecule has 0 saturated carbocycles. The lowest BCUT2D eigenvalue weighted by Crippen LogP contribution is -2.14. The second-order valence-corrected chi connectivity index (χ2v) is 6.81. The molecule has 0 aliphatic rings. The first kappa shape index (κ1) is 19.7. The van der Waals surface area contributed by atoms with Crippen LogP contribution in [0, 0.1) is 0 Å². The highest BCUT2D eigenvalue weighted by molar-refractivity contribution is 7.14. The second kappa shape index (κ2) is 8.73. The molecule has 0 unspecified atom stereocenters. The molecule has 7 nitrogen and oxygen atoms in total. The molecule has 0 saturated heterocycles. The van der Waals surface area contributed by atoms with Gasteiger partial charge in [0.05, 0.1) is 19.9 Å². The second-order valence-electron chi connectivity index (χ2n) is 5.52. The SMILES string of the molecule is COc1ccc(C(=O)Nc2nc(C(=O)Nc3cc(Cl)ccc3OC)cs2)cc1. The Kier molecular flexibility index (Phi) is 6.13. The van der Waals surface area contributed by atoms with E-state index in [-0.39, 0.29) is 11.6 Å². The van der Waals surface area contributed by atoms with Crippen LogP contribution in [0.2, 0.25) is 5.02 Å². The lowest BCUT2D eigenvalue weighted by atomic mass is 10.2. The summed E-state index contributed by atoms with van der Waals surface area (Å²) < 4.78 is 10.3. The monoisotopic (exact) mass is 417 g/mol. The highest BCUT2D eigenvalue weighted by Crippen LogP contribution is 2.28. The van der Waals surface area contributed by atoms with Gasteiger partial charge in [-0.15, -0.1) is 11.3 Å². The molecule has 0 radical (unpaired) electrons. The predicted molar refractivity (Wildman–Crippen MR) is 109 cm³/mol. The molecule has 3 rings (SSSR count). The van der Waals surface area contributed by atoms with Crippen molar-refractivity contribution in [3.63, 3.8) is 0 Å². The molecule has 144 valence electrons. The number of nitrogens with one attached hydrogen (secondary N) is 2. The van der Waals surface area contributed by atoms with Crippen LogP contribution in [-0.4, -0.2) is 31.0 Å². The van der Waals surface area contributed by atoms with Gasteiger partial charge < -0.3 is 14.8 Å². The van der Waals surface area contributed by atoms with E-state index in [4.69, 9.17) is 21.1 Å². The van der Waals surface area contributed by atoms with Crippen molar-refractivity contribution >= 4 is 45.6 Å². The normalized spacial score (nSPS) is 10.2. The molecule has 0 aliphatic heterocycles. The van der Waals surface area contributed by atoms with Crippen LogP contribution in [0.25, 0.3) is 0 Å². The Morgan fingerprint density at radius 2 is 1.75 bits per heavy atom. The molecule has 3 aromatic rings. The van der Waals surface area contributed by atoms with Crippen molar-refractivity contribution in [3.8, 4) is 11.5 Å². The maximum Gasteiger partial charge on any atom is 0.275 e. The van der Waals surface area contributed by atoms with Crippen molar-refractivity contribution in [2.24, 2.45) is 0 Å². The van der Waals surface area contributed by atoms with Gasteiger partial charge in [-0.3, -0.25) is 14.9 Å². The number of amides is 2. The third kappa shape index (κ3) is 4.59. The predicted octanol–water partition coefficient (Wildman–Crippen LogP) is 4.32.